The molecule has 136 valence electrons. The minimum absolute atomic E-state index is 0.0400. The molecule has 1 saturated carbocycles. The van der Waals surface area contributed by atoms with Gasteiger partial charge in [0.25, 0.3) is 0 Å². The standard InChI is InChI=1S/C15H23NO7S/c1-10(17)16-12(14(19)21-2)8-24-15(20)23-9-22-13(18)11-6-4-3-5-7-11/h11-12H,3-9H2,1-2H3,(H,16,17)/t12-/m0/s1. The molecule has 1 fully saturated rings. The number of carbonyl (C=O) groups is 4. The van der Waals surface area contributed by atoms with Crippen LogP contribution in [-0.2, 0) is 28.6 Å². The van der Waals surface area contributed by atoms with Crippen LogP contribution in [0.25, 0.3) is 0 Å². The summed E-state index contributed by atoms with van der Waals surface area (Å²) in [7, 11) is 1.19. The lowest BCUT2D eigenvalue weighted by atomic mass is 9.89. The molecular weight excluding hydrogens is 338 g/mol. The summed E-state index contributed by atoms with van der Waals surface area (Å²) in [6.45, 7) is 0.799. The molecule has 1 N–H and O–H groups in total. The van der Waals surface area contributed by atoms with Crippen LogP contribution in [0.4, 0.5) is 4.79 Å². The molecule has 0 spiro atoms. The van der Waals surface area contributed by atoms with E-state index in [2.05, 4.69) is 10.1 Å². The molecule has 0 aliphatic heterocycles. The fraction of sp³-hybridized carbons (Fsp3) is 0.733. The van der Waals surface area contributed by atoms with E-state index in [1.807, 2.05) is 0 Å². The van der Waals surface area contributed by atoms with Crippen LogP contribution in [0.3, 0.4) is 0 Å². The second-order valence-corrected chi connectivity index (χ2v) is 6.35. The highest BCUT2D eigenvalue weighted by Gasteiger charge is 2.24. The van der Waals surface area contributed by atoms with Crippen LogP contribution in [0.5, 0.6) is 0 Å². The fourth-order valence-corrected chi connectivity index (χ4v) is 2.99. The Kier molecular flexibility index (Phi) is 9.21. The quantitative estimate of drug-likeness (QED) is 0.538. The van der Waals surface area contributed by atoms with Crippen LogP contribution in [0.2, 0.25) is 0 Å². The minimum atomic E-state index is -0.949. The molecule has 1 aliphatic carbocycles. The monoisotopic (exact) mass is 361 g/mol. The highest BCUT2D eigenvalue weighted by atomic mass is 32.2. The number of methoxy groups -OCH3 is 1. The van der Waals surface area contributed by atoms with Gasteiger partial charge in [-0.2, -0.15) is 0 Å². The molecule has 1 atom stereocenters. The van der Waals surface area contributed by atoms with Crippen molar-refractivity contribution in [3.05, 3.63) is 0 Å². The third kappa shape index (κ3) is 7.67. The summed E-state index contributed by atoms with van der Waals surface area (Å²) in [5.74, 6) is -1.58. The Morgan fingerprint density at radius 3 is 2.38 bits per heavy atom. The van der Waals surface area contributed by atoms with Gasteiger partial charge in [0.1, 0.15) is 6.04 Å². The maximum atomic E-state index is 11.8. The van der Waals surface area contributed by atoms with Gasteiger partial charge >= 0.3 is 17.2 Å². The fourth-order valence-electron chi connectivity index (χ4n) is 2.34. The van der Waals surface area contributed by atoms with Crippen molar-refractivity contribution in [3.8, 4) is 0 Å². The smallest absolute Gasteiger partial charge is 0.370 e. The summed E-state index contributed by atoms with van der Waals surface area (Å²) >= 11 is 0.689. The van der Waals surface area contributed by atoms with Gasteiger partial charge in [0.15, 0.2) is 0 Å². The third-order valence-corrected chi connectivity index (χ3v) is 4.40. The number of hydrogen-bond donors (Lipinski definition) is 1. The van der Waals surface area contributed by atoms with Crippen LogP contribution in [0.1, 0.15) is 39.0 Å². The van der Waals surface area contributed by atoms with Crippen molar-refractivity contribution in [1.29, 1.82) is 0 Å². The zero-order valence-corrected chi connectivity index (χ0v) is 14.7. The Bertz CT molecular complexity index is 463. The first-order chi connectivity index (χ1) is 11.4. The topological polar surface area (TPSA) is 108 Å². The van der Waals surface area contributed by atoms with Crippen molar-refractivity contribution in [1.82, 2.24) is 5.32 Å². The number of ether oxygens (including phenoxy) is 3. The van der Waals surface area contributed by atoms with Crippen molar-refractivity contribution in [3.63, 3.8) is 0 Å². The molecule has 0 unspecified atom stereocenters. The van der Waals surface area contributed by atoms with Crippen molar-refractivity contribution in [2.24, 2.45) is 5.92 Å². The van der Waals surface area contributed by atoms with Gasteiger partial charge in [-0.3, -0.25) is 9.59 Å². The summed E-state index contributed by atoms with van der Waals surface area (Å²) in [5, 5.41) is 1.67. The Hall–Kier alpha value is -1.77. The molecule has 1 rings (SSSR count). The van der Waals surface area contributed by atoms with Gasteiger partial charge < -0.3 is 19.5 Å². The van der Waals surface area contributed by atoms with E-state index in [1.54, 1.807) is 0 Å². The second kappa shape index (κ2) is 10.9. The molecule has 0 heterocycles. The molecule has 0 aromatic rings. The average molecular weight is 361 g/mol. The lowest BCUT2D eigenvalue weighted by Crippen LogP contribution is -2.42. The lowest BCUT2D eigenvalue weighted by molar-refractivity contribution is -0.157. The van der Waals surface area contributed by atoms with Gasteiger partial charge in [-0.15, -0.1) is 0 Å². The van der Waals surface area contributed by atoms with E-state index < -0.39 is 30.0 Å². The highest BCUT2D eigenvalue weighted by molar-refractivity contribution is 8.13. The molecule has 1 aliphatic rings. The summed E-state index contributed by atoms with van der Waals surface area (Å²) in [6, 6.07) is -0.949. The summed E-state index contributed by atoms with van der Waals surface area (Å²) < 4.78 is 14.3. The number of carbonyl (C=O) groups excluding carboxylic acids is 4. The van der Waals surface area contributed by atoms with Gasteiger partial charge in [-0.05, 0) is 24.6 Å². The largest absolute Gasteiger partial charge is 0.467 e. The van der Waals surface area contributed by atoms with E-state index in [-0.39, 0.29) is 17.6 Å². The van der Waals surface area contributed by atoms with E-state index in [0.717, 1.165) is 32.1 Å². The third-order valence-electron chi connectivity index (χ3n) is 3.55. The molecule has 0 saturated heterocycles. The van der Waals surface area contributed by atoms with E-state index >= 15 is 0 Å². The Morgan fingerprint density at radius 2 is 1.79 bits per heavy atom. The molecule has 24 heavy (non-hydrogen) atoms. The summed E-state index contributed by atoms with van der Waals surface area (Å²) in [4.78, 5) is 45.8. The second-order valence-electron chi connectivity index (χ2n) is 5.40. The normalized spacial score (nSPS) is 15.9. The molecule has 1 amide bonds. The lowest BCUT2D eigenvalue weighted by Gasteiger charge is -2.19. The number of rotatable bonds is 7. The zero-order chi connectivity index (χ0) is 17.9. The van der Waals surface area contributed by atoms with Gasteiger partial charge in [0, 0.05) is 12.7 Å². The molecular formula is C15H23NO7S. The maximum absolute atomic E-state index is 11.8. The number of thioether (sulfide) groups is 1. The zero-order valence-electron chi connectivity index (χ0n) is 13.9. The first kappa shape index (κ1) is 20.3. The number of amides is 1. The molecule has 0 radical (unpaired) electrons. The summed E-state index contributed by atoms with van der Waals surface area (Å²) in [5.41, 5.74) is 0. The van der Waals surface area contributed by atoms with E-state index in [4.69, 9.17) is 9.47 Å². The Morgan fingerprint density at radius 1 is 1.12 bits per heavy atom. The van der Waals surface area contributed by atoms with E-state index in [0.29, 0.717) is 11.8 Å². The van der Waals surface area contributed by atoms with Crippen molar-refractivity contribution in [2.45, 2.75) is 45.1 Å². The summed E-state index contributed by atoms with van der Waals surface area (Å²) in [6.07, 6.45) is 4.75. The average Bonchev–Trinajstić information content (AvgIpc) is 2.58. The Labute approximate surface area is 145 Å². The van der Waals surface area contributed by atoms with Gasteiger partial charge in [0.05, 0.1) is 13.0 Å². The maximum Gasteiger partial charge on any atom is 0.370 e. The van der Waals surface area contributed by atoms with E-state index in [9.17, 15) is 19.2 Å². The molecule has 8 nitrogen and oxygen atoms in total. The van der Waals surface area contributed by atoms with Crippen molar-refractivity contribution in [2.75, 3.05) is 19.7 Å². The molecule has 0 aromatic heterocycles. The molecule has 9 heteroatoms. The van der Waals surface area contributed by atoms with Crippen LogP contribution < -0.4 is 5.32 Å². The van der Waals surface area contributed by atoms with Crippen LogP contribution in [-0.4, -0.2) is 48.8 Å². The first-order valence-electron chi connectivity index (χ1n) is 7.75. The first-order valence-corrected chi connectivity index (χ1v) is 8.73. The number of esters is 2. The van der Waals surface area contributed by atoms with Crippen molar-refractivity contribution >= 4 is 34.9 Å². The van der Waals surface area contributed by atoms with Gasteiger partial charge in [-0.1, -0.05) is 19.3 Å². The predicted molar refractivity (Wildman–Crippen MR) is 86.1 cm³/mol. The van der Waals surface area contributed by atoms with Crippen LogP contribution >= 0.6 is 11.8 Å². The van der Waals surface area contributed by atoms with Crippen LogP contribution in [0.15, 0.2) is 0 Å². The number of nitrogens with one attached hydrogen (secondary N) is 1. The predicted octanol–water partition coefficient (Wildman–Crippen LogP) is 1.61. The van der Waals surface area contributed by atoms with Crippen LogP contribution in [0, 0.1) is 5.92 Å². The van der Waals surface area contributed by atoms with Crippen molar-refractivity contribution < 1.29 is 33.4 Å². The molecule has 0 aromatic carbocycles. The minimum Gasteiger partial charge on any atom is -0.467 e. The SMILES string of the molecule is COC(=O)[C@H](CSC(=O)OCOC(=O)C1CCCCC1)NC(C)=O. The van der Waals surface area contributed by atoms with Gasteiger partial charge in [0.2, 0.25) is 12.7 Å². The Balaban J connectivity index is 2.25. The highest BCUT2D eigenvalue weighted by Crippen LogP contribution is 2.24. The molecule has 0 bridgehead atoms. The van der Waals surface area contributed by atoms with E-state index in [1.165, 1.54) is 14.0 Å². The number of hydrogen-bond acceptors (Lipinski definition) is 8. The van der Waals surface area contributed by atoms with Gasteiger partial charge in [-0.25, -0.2) is 9.59 Å².